The summed E-state index contributed by atoms with van der Waals surface area (Å²) >= 11 is 5.97. The van der Waals surface area contributed by atoms with Gasteiger partial charge >= 0.3 is 0 Å². The van der Waals surface area contributed by atoms with Crippen molar-refractivity contribution in [2.45, 2.75) is 32.3 Å². The molecule has 1 atom stereocenters. The van der Waals surface area contributed by atoms with Crippen LogP contribution in [-0.4, -0.2) is 34.6 Å². The molecule has 1 saturated heterocycles. The summed E-state index contributed by atoms with van der Waals surface area (Å²) < 4.78 is 0. The van der Waals surface area contributed by atoms with E-state index in [1.165, 1.54) is 0 Å². The monoisotopic (exact) mass is 367 g/mol. The summed E-state index contributed by atoms with van der Waals surface area (Å²) in [7, 11) is 0. The van der Waals surface area contributed by atoms with Gasteiger partial charge in [0.2, 0.25) is 0 Å². The second-order valence-corrected chi connectivity index (χ2v) is 7.36. The van der Waals surface area contributed by atoms with Crippen LogP contribution in [0.2, 0.25) is 5.02 Å². The Balaban J connectivity index is 1.78. The molecule has 3 nitrogen and oxygen atoms in total. The standard InChI is InChI=1S/C22H22ClNO2/c1-16-7-8-19(13-17(16)2)21(25)24-12-4-10-22(26,15-24)11-9-18-5-3-6-20(23)14-18/h3,5-8,13-14,26H,4,10,12,15H2,1-2H3. The quantitative estimate of drug-likeness (QED) is 0.774. The lowest BCUT2D eigenvalue weighted by Crippen LogP contribution is -2.49. The number of nitrogens with zero attached hydrogens (tertiary/aromatic N) is 1. The number of halogens is 1. The van der Waals surface area contributed by atoms with Crippen LogP contribution in [0.1, 0.15) is 39.9 Å². The van der Waals surface area contributed by atoms with E-state index in [2.05, 4.69) is 11.8 Å². The second-order valence-electron chi connectivity index (χ2n) is 6.92. The summed E-state index contributed by atoms with van der Waals surface area (Å²) in [6.07, 6.45) is 1.27. The van der Waals surface area contributed by atoms with Gasteiger partial charge in [-0.05, 0) is 68.1 Å². The molecule has 3 rings (SSSR count). The van der Waals surface area contributed by atoms with Gasteiger partial charge in [-0.2, -0.15) is 0 Å². The molecule has 1 unspecified atom stereocenters. The van der Waals surface area contributed by atoms with E-state index in [0.29, 0.717) is 23.6 Å². The Morgan fingerprint density at radius 3 is 2.73 bits per heavy atom. The highest BCUT2D eigenvalue weighted by atomic mass is 35.5. The first-order valence-corrected chi connectivity index (χ1v) is 9.12. The molecule has 1 aliphatic rings. The normalized spacial score (nSPS) is 19.6. The number of hydrogen-bond acceptors (Lipinski definition) is 2. The van der Waals surface area contributed by atoms with E-state index in [-0.39, 0.29) is 12.5 Å². The summed E-state index contributed by atoms with van der Waals surface area (Å²) in [4.78, 5) is 14.5. The Labute approximate surface area is 159 Å². The Morgan fingerprint density at radius 1 is 1.19 bits per heavy atom. The van der Waals surface area contributed by atoms with Crippen molar-refractivity contribution in [3.05, 3.63) is 69.7 Å². The lowest BCUT2D eigenvalue weighted by molar-refractivity contribution is 0.0153. The van der Waals surface area contributed by atoms with Crippen LogP contribution in [0.4, 0.5) is 0 Å². The van der Waals surface area contributed by atoms with Crippen molar-refractivity contribution in [2.24, 2.45) is 0 Å². The van der Waals surface area contributed by atoms with Crippen LogP contribution in [-0.2, 0) is 0 Å². The van der Waals surface area contributed by atoms with Gasteiger partial charge in [0.15, 0.2) is 0 Å². The zero-order valence-electron chi connectivity index (χ0n) is 15.1. The number of aliphatic hydroxyl groups is 1. The summed E-state index contributed by atoms with van der Waals surface area (Å²) in [6.45, 7) is 4.86. The molecule has 2 aromatic carbocycles. The van der Waals surface area contributed by atoms with E-state index in [1.54, 1.807) is 17.0 Å². The van der Waals surface area contributed by atoms with Gasteiger partial charge in [-0.25, -0.2) is 0 Å². The topological polar surface area (TPSA) is 40.5 Å². The van der Waals surface area contributed by atoms with E-state index in [4.69, 9.17) is 11.6 Å². The number of amides is 1. The fourth-order valence-electron chi connectivity index (χ4n) is 3.12. The molecule has 1 heterocycles. The first-order chi connectivity index (χ1) is 12.4. The fraction of sp³-hybridized carbons (Fsp3) is 0.318. The molecule has 134 valence electrons. The average Bonchev–Trinajstić information content (AvgIpc) is 2.62. The van der Waals surface area contributed by atoms with Crippen molar-refractivity contribution in [1.82, 2.24) is 4.90 Å². The highest BCUT2D eigenvalue weighted by Crippen LogP contribution is 2.23. The Kier molecular flexibility index (Phi) is 5.36. The van der Waals surface area contributed by atoms with Gasteiger partial charge < -0.3 is 10.0 Å². The van der Waals surface area contributed by atoms with E-state index >= 15 is 0 Å². The molecular formula is C22H22ClNO2. The van der Waals surface area contributed by atoms with Crippen LogP contribution in [0.15, 0.2) is 42.5 Å². The van der Waals surface area contributed by atoms with Gasteiger partial charge in [-0.1, -0.05) is 35.6 Å². The fourth-order valence-corrected chi connectivity index (χ4v) is 3.31. The molecule has 0 radical (unpaired) electrons. The number of benzene rings is 2. The second kappa shape index (κ2) is 7.53. The molecule has 0 saturated carbocycles. The van der Waals surface area contributed by atoms with Crippen molar-refractivity contribution in [1.29, 1.82) is 0 Å². The maximum atomic E-state index is 12.8. The smallest absolute Gasteiger partial charge is 0.253 e. The third kappa shape index (κ3) is 4.27. The molecule has 0 aromatic heterocycles. The number of β-amino-alcohol motifs (C(OH)–C–C–N with tert-alkyl or cyclic N) is 1. The van der Waals surface area contributed by atoms with E-state index in [9.17, 15) is 9.90 Å². The first kappa shape index (κ1) is 18.5. The van der Waals surface area contributed by atoms with Crippen LogP contribution < -0.4 is 0 Å². The summed E-state index contributed by atoms with van der Waals surface area (Å²) in [5.74, 6) is 5.88. The number of aryl methyl sites for hydroxylation is 2. The van der Waals surface area contributed by atoms with E-state index in [0.717, 1.165) is 23.1 Å². The molecule has 0 bridgehead atoms. The largest absolute Gasteiger partial charge is 0.376 e. The number of carbonyl (C=O) groups excluding carboxylic acids is 1. The van der Waals surface area contributed by atoms with Gasteiger partial charge in [0.25, 0.3) is 5.91 Å². The van der Waals surface area contributed by atoms with Gasteiger partial charge in [-0.3, -0.25) is 4.79 Å². The molecule has 1 amide bonds. The third-order valence-corrected chi connectivity index (χ3v) is 5.01. The van der Waals surface area contributed by atoms with Gasteiger partial charge in [0.05, 0.1) is 6.54 Å². The number of hydrogen-bond donors (Lipinski definition) is 1. The molecule has 4 heteroatoms. The Morgan fingerprint density at radius 2 is 2.00 bits per heavy atom. The number of rotatable bonds is 1. The number of piperidine rings is 1. The van der Waals surface area contributed by atoms with Crippen molar-refractivity contribution in [3.8, 4) is 11.8 Å². The lowest BCUT2D eigenvalue weighted by atomic mass is 9.92. The first-order valence-electron chi connectivity index (χ1n) is 8.74. The molecule has 1 aliphatic heterocycles. The number of carbonyl (C=O) groups is 1. The molecule has 2 aromatic rings. The number of likely N-dealkylation sites (tertiary alicyclic amines) is 1. The van der Waals surface area contributed by atoms with E-state index in [1.807, 2.05) is 44.2 Å². The third-order valence-electron chi connectivity index (χ3n) is 4.78. The minimum atomic E-state index is -1.20. The Bertz CT molecular complexity index is 897. The van der Waals surface area contributed by atoms with Crippen molar-refractivity contribution in [3.63, 3.8) is 0 Å². The predicted octanol–water partition coefficient (Wildman–Crippen LogP) is 3.98. The SMILES string of the molecule is Cc1ccc(C(=O)N2CCCC(O)(C#Cc3cccc(Cl)c3)C2)cc1C. The average molecular weight is 368 g/mol. The molecular weight excluding hydrogens is 346 g/mol. The molecule has 1 fully saturated rings. The maximum absolute atomic E-state index is 12.8. The zero-order chi connectivity index (χ0) is 18.7. The summed E-state index contributed by atoms with van der Waals surface area (Å²) in [6, 6.07) is 12.9. The van der Waals surface area contributed by atoms with Crippen LogP contribution in [0, 0.1) is 25.7 Å². The maximum Gasteiger partial charge on any atom is 0.253 e. The molecule has 26 heavy (non-hydrogen) atoms. The van der Waals surface area contributed by atoms with Gasteiger partial charge in [-0.15, -0.1) is 0 Å². The summed E-state index contributed by atoms with van der Waals surface area (Å²) in [5, 5.41) is 11.5. The minimum absolute atomic E-state index is 0.0595. The summed E-state index contributed by atoms with van der Waals surface area (Å²) in [5.41, 5.74) is 2.45. The van der Waals surface area contributed by atoms with Crippen LogP contribution in [0.25, 0.3) is 0 Å². The lowest BCUT2D eigenvalue weighted by Gasteiger charge is -2.36. The molecule has 0 aliphatic carbocycles. The minimum Gasteiger partial charge on any atom is -0.376 e. The highest BCUT2D eigenvalue weighted by Gasteiger charge is 2.34. The zero-order valence-corrected chi connectivity index (χ0v) is 15.8. The van der Waals surface area contributed by atoms with Crippen molar-refractivity contribution >= 4 is 17.5 Å². The van der Waals surface area contributed by atoms with E-state index < -0.39 is 5.60 Å². The van der Waals surface area contributed by atoms with Crippen LogP contribution in [0.5, 0.6) is 0 Å². The van der Waals surface area contributed by atoms with Gasteiger partial charge in [0.1, 0.15) is 5.60 Å². The highest BCUT2D eigenvalue weighted by molar-refractivity contribution is 6.30. The van der Waals surface area contributed by atoms with Crippen LogP contribution in [0.3, 0.4) is 0 Å². The van der Waals surface area contributed by atoms with Crippen molar-refractivity contribution < 1.29 is 9.90 Å². The Hall–Kier alpha value is -2.28. The van der Waals surface area contributed by atoms with Crippen molar-refractivity contribution in [2.75, 3.05) is 13.1 Å². The molecule has 1 N–H and O–H groups in total. The van der Waals surface area contributed by atoms with Crippen LogP contribution >= 0.6 is 11.6 Å². The molecule has 0 spiro atoms. The predicted molar refractivity (Wildman–Crippen MR) is 104 cm³/mol. The van der Waals surface area contributed by atoms with Gasteiger partial charge in [0, 0.05) is 22.7 Å².